The fourth-order valence-corrected chi connectivity index (χ4v) is 5.33. The van der Waals surface area contributed by atoms with Gasteiger partial charge in [-0.1, -0.05) is 38.1 Å². The minimum atomic E-state index is -1.29. The summed E-state index contributed by atoms with van der Waals surface area (Å²) in [6.45, 7) is 4.37. The molecule has 0 fully saturated rings. The summed E-state index contributed by atoms with van der Waals surface area (Å²) in [6.07, 6.45) is 5.39. The largest absolute Gasteiger partial charge is 0.508 e. The van der Waals surface area contributed by atoms with Gasteiger partial charge in [0.1, 0.15) is 42.0 Å². The normalized spacial score (nSPS) is 22.0. The van der Waals surface area contributed by atoms with Gasteiger partial charge in [0.15, 0.2) is 0 Å². The van der Waals surface area contributed by atoms with Crippen molar-refractivity contribution in [3.05, 3.63) is 42.0 Å². The summed E-state index contributed by atoms with van der Waals surface area (Å²) in [5, 5.41) is 32.6. The number of benzene rings is 1. The van der Waals surface area contributed by atoms with E-state index in [1.807, 2.05) is 13.8 Å². The van der Waals surface area contributed by atoms with Crippen LogP contribution in [0.25, 0.3) is 0 Å². The second kappa shape index (κ2) is 21.5. The Bertz CT molecular complexity index is 1320. The van der Waals surface area contributed by atoms with Crippen molar-refractivity contribution in [3.8, 4) is 5.75 Å². The number of unbranched alkanes of at least 4 members (excludes halogenated alkanes) is 2. The zero-order valence-corrected chi connectivity index (χ0v) is 28.9. The monoisotopic (exact) mass is 702 g/mol. The summed E-state index contributed by atoms with van der Waals surface area (Å²) in [6, 6.07) is -1.11. The smallest absolute Gasteiger partial charge is 0.326 e. The van der Waals surface area contributed by atoms with Crippen molar-refractivity contribution in [2.45, 2.75) is 108 Å². The van der Waals surface area contributed by atoms with Gasteiger partial charge >= 0.3 is 5.97 Å². The van der Waals surface area contributed by atoms with Crippen LogP contribution >= 0.6 is 0 Å². The van der Waals surface area contributed by atoms with Crippen LogP contribution in [0.5, 0.6) is 5.75 Å². The van der Waals surface area contributed by atoms with Crippen molar-refractivity contribution >= 4 is 35.5 Å². The second-order valence-electron chi connectivity index (χ2n) is 12.9. The SMILES string of the molecule is CC(C)C[C@@H](NC(=O)[C@@H](Cc1ccc(O)cc1)NC(=O)[C@H]1C/C=C/[C@@H](N)C(=O)N[C@H](CCCCN)C(=O)N[C@H](CCCCN)C(=O)N1)C(=O)O. The van der Waals surface area contributed by atoms with E-state index in [-0.39, 0.29) is 43.8 Å². The molecule has 50 heavy (non-hydrogen) atoms. The first-order valence-corrected chi connectivity index (χ1v) is 17.1. The zero-order chi connectivity index (χ0) is 37.2. The summed E-state index contributed by atoms with van der Waals surface area (Å²) in [5.74, 6) is -4.75. The lowest BCUT2D eigenvalue weighted by atomic mass is 10.0. The predicted octanol–water partition coefficient (Wildman–Crippen LogP) is -0.965. The Morgan fingerprint density at radius 1 is 0.840 bits per heavy atom. The lowest BCUT2D eigenvalue weighted by molar-refractivity contribution is -0.142. The van der Waals surface area contributed by atoms with Crippen molar-refractivity contribution in [1.29, 1.82) is 0 Å². The van der Waals surface area contributed by atoms with Crippen LogP contribution in [-0.2, 0) is 35.2 Å². The number of phenolic OH excluding ortho intramolecular Hbond substituents is 1. The van der Waals surface area contributed by atoms with Gasteiger partial charge in [0.05, 0.1) is 0 Å². The number of phenols is 1. The molecule has 13 N–H and O–H groups in total. The Labute approximate surface area is 292 Å². The quantitative estimate of drug-likeness (QED) is 0.0697. The molecule has 1 aliphatic heterocycles. The molecule has 5 amide bonds. The minimum Gasteiger partial charge on any atom is -0.508 e. The van der Waals surface area contributed by atoms with Crippen LogP contribution in [0.15, 0.2) is 36.4 Å². The van der Waals surface area contributed by atoms with Gasteiger partial charge in [-0.05, 0) is 88.1 Å². The number of aromatic hydroxyl groups is 1. The molecule has 1 aliphatic rings. The van der Waals surface area contributed by atoms with E-state index in [4.69, 9.17) is 17.2 Å². The van der Waals surface area contributed by atoms with Crippen LogP contribution < -0.4 is 43.8 Å². The molecule has 278 valence electrons. The van der Waals surface area contributed by atoms with E-state index < -0.39 is 71.8 Å². The van der Waals surface area contributed by atoms with Gasteiger partial charge in [-0.2, -0.15) is 0 Å². The molecule has 1 aromatic carbocycles. The number of carbonyl (C=O) groups is 6. The molecule has 0 aliphatic carbocycles. The number of carboxylic acid groups (broad SMARTS) is 1. The van der Waals surface area contributed by atoms with Crippen molar-refractivity contribution in [3.63, 3.8) is 0 Å². The van der Waals surface area contributed by atoms with Crippen LogP contribution in [0.4, 0.5) is 0 Å². The molecule has 16 heteroatoms. The molecule has 16 nitrogen and oxygen atoms in total. The number of nitrogens with two attached hydrogens (primary N) is 3. The van der Waals surface area contributed by atoms with E-state index in [0.717, 1.165) is 0 Å². The Kier molecular flexibility index (Phi) is 17.9. The maximum atomic E-state index is 13.8. The first-order valence-electron chi connectivity index (χ1n) is 17.1. The lowest BCUT2D eigenvalue weighted by Gasteiger charge is -2.27. The number of aliphatic carboxylic acids is 1. The third kappa shape index (κ3) is 14.5. The van der Waals surface area contributed by atoms with E-state index in [1.54, 1.807) is 12.1 Å². The van der Waals surface area contributed by atoms with Gasteiger partial charge < -0.3 is 54.0 Å². The number of nitrogens with one attached hydrogen (secondary N) is 5. The predicted molar refractivity (Wildman–Crippen MR) is 186 cm³/mol. The summed E-state index contributed by atoms with van der Waals surface area (Å²) in [5.41, 5.74) is 17.9. The highest BCUT2D eigenvalue weighted by Gasteiger charge is 2.33. The van der Waals surface area contributed by atoms with Crippen LogP contribution in [0.1, 0.15) is 70.8 Å². The van der Waals surface area contributed by atoms with E-state index in [0.29, 0.717) is 44.3 Å². The summed E-state index contributed by atoms with van der Waals surface area (Å²) >= 11 is 0. The van der Waals surface area contributed by atoms with Crippen molar-refractivity contribution in [1.82, 2.24) is 26.6 Å². The van der Waals surface area contributed by atoms with E-state index >= 15 is 0 Å². The average molecular weight is 703 g/mol. The Morgan fingerprint density at radius 3 is 1.94 bits per heavy atom. The number of amides is 5. The van der Waals surface area contributed by atoms with Crippen LogP contribution in [0.3, 0.4) is 0 Å². The number of hydrogen-bond donors (Lipinski definition) is 10. The summed E-state index contributed by atoms with van der Waals surface area (Å²) in [4.78, 5) is 79.3. The summed E-state index contributed by atoms with van der Waals surface area (Å²) in [7, 11) is 0. The lowest BCUT2D eigenvalue weighted by Crippen LogP contribution is -2.59. The molecular formula is C34H54N8O8. The van der Waals surface area contributed by atoms with Crippen molar-refractivity contribution < 1.29 is 39.0 Å². The van der Waals surface area contributed by atoms with E-state index in [2.05, 4.69) is 26.6 Å². The molecule has 0 spiro atoms. The Morgan fingerprint density at radius 2 is 1.40 bits per heavy atom. The molecular weight excluding hydrogens is 648 g/mol. The first kappa shape index (κ1) is 41.6. The number of rotatable bonds is 17. The zero-order valence-electron chi connectivity index (χ0n) is 28.9. The average Bonchev–Trinajstić information content (AvgIpc) is 3.06. The molecule has 0 saturated carbocycles. The highest BCUT2D eigenvalue weighted by atomic mass is 16.4. The molecule has 0 aromatic heterocycles. The highest BCUT2D eigenvalue weighted by Crippen LogP contribution is 2.14. The number of hydrogen-bond acceptors (Lipinski definition) is 10. The summed E-state index contributed by atoms with van der Waals surface area (Å²) < 4.78 is 0. The number of carbonyl (C=O) groups excluding carboxylic acids is 5. The second-order valence-corrected chi connectivity index (χ2v) is 12.9. The van der Waals surface area contributed by atoms with Crippen LogP contribution in [0.2, 0.25) is 0 Å². The molecule has 6 atom stereocenters. The van der Waals surface area contributed by atoms with Crippen molar-refractivity contribution in [2.24, 2.45) is 23.1 Å². The third-order valence-electron chi connectivity index (χ3n) is 8.14. The molecule has 1 heterocycles. The van der Waals surface area contributed by atoms with Gasteiger partial charge in [-0.25, -0.2) is 4.79 Å². The molecule has 0 unspecified atom stereocenters. The fourth-order valence-electron chi connectivity index (χ4n) is 5.33. The maximum absolute atomic E-state index is 13.8. The maximum Gasteiger partial charge on any atom is 0.326 e. The molecule has 2 rings (SSSR count). The van der Waals surface area contributed by atoms with Gasteiger partial charge in [0, 0.05) is 6.42 Å². The van der Waals surface area contributed by atoms with Crippen LogP contribution in [-0.4, -0.2) is 95.1 Å². The molecule has 0 saturated heterocycles. The van der Waals surface area contributed by atoms with Gasteiger partial charge in [0.25, 0.3) is 0 Å². The molecule has 1 aromatic rings. The highest BCUT2D eigenvalue weighted by molar-refractivity contribution is 5.96. The van der Waals surface area contributed by atoms with E-state index in [9.17, 15) is 39.0 Å². The molecule has 0 bridgehead atoms. The van der Waals surface area contributed by atoms with E-state index in [1.165, 1.54) is 24.3 Å². The topological polar surface area (TPSA) is 281 Å². The Hall–Kier alpha value is -4.54. The number of carboxylic acids is 1. The fraction of sp³-hybridized carbons (Fsp3) is 0.588. The molecule has 0 radical (unpaired) electrons. The minimum absolute atomic E-state index is 0.0120. The van der Waals surface area contributed by atoms with Gasteiger partial charge in [0.2, 0.25) is 29.5 Å². The van der Waals surface area contributed by atoms with Gasteiger partial charge in [-0.3, -0.25) is 24.0 Å². The Balaban J connectivity index is 2.42. The standard InChI is InChI=1S/C34H54N8O8/c1-20(2)18-28(34(49)50)42-33(48)27(19-21-12-14-22(43)15-13-21)41-32(47)26-11-7-8-23(37)29(44)38-24(9-3-5-16-35)30(45)39-25(31(46)40-26)10-4-6-17-36/h7-8,12-15,20,23-28,43H,3-6,9-11,16-19,35-37H2,1-2H3,(H,38,44)(H,39,45)(H,40,46)(H,41,47)(H,42,48)(H,49,50)/b8-7+/t23-,24-,25-,26-,27-,28-/m1/s1. The van der Waals surface area contributed by atoms with Crippen LogP contribution in [0, 0.1) is 5.92 Å². The van der Waals surface area contributed by atoms with Crippen molar-refractivity contribution in [2.75, 3.05) is 13.1 Å². The third-order valence-corrected chi connectivity index (χ3v) is 8.14. The van der Waals surface area contributed by atoms with Gasteiger partial charge in [-0.15, -0.1) is 0 Å². The first-order chi connectivity index (χ1) is 23.7.